The molecule has 13 nitrogen and oxygen atoms in total. The summed E-state index contributed by atoms with van der Waals surface area (Å²) in [5, 5.41) is 46.2. The van der Waals surface area contributed by atoms with E-state index in [1.54, 1.807) is 0 Å². The number of aliphatic hydroxyl groups excluding tert-OH is 2. The van der Waals surface area contributed by atoms with E-state index in [0.29, 0.717) is 0 Å². The maximum absolute atomic E-state index is 9.00. The van der Waals surface area contributed by atoms with E-state index in [4.69, 9.17) is 61.3 Å². The lowest BCUT2D eigenvalue weighted by Crippen LogP contribution is -2.55. The Morgan fingerprint density at radius 1 is 0.760 bits per heavy atom. The van der Waals surface area contributed by atoms with Gasteiger partial charge < -0.3 is 35.4 Å². The molecule has 0 aliphatic carbocycles. The van der Waals surface area contributed by atoms with Gasteiger partial charge in [-0.3, -0.25) is 30.6 Å². The number of hydrogen-bond donors (Lipinski definition) is 8. The van der Waals surface area contributed by atoms with Gasteiger partial charge >= 0.3 is 0 Å². The van der Waals surface area contributed by atoms with Crippen molar-refractivity contribution in [1.29, 1.82) is 0 Å². The molecule has 0 spiro atoms. The summed E-state index contributed by atoms with van der Waals surface area (Å²) in [7, 11) is 0. The Bertz CT molecular complexity index is 295. The van der Waals surface area contributed by atoms with Gasteiger partial charge in [0.2, 0.25) is 0 Å². The topological polar surface area (TPSA) is 251 Å². The Balaban J connectivity index is -0.0000000714. The summed E-state index contributed by atoms with van der Waals surface area (Å²) in [5.41, 5.74) is 10.2. The standard InChI is InChI=1S/C4H12N2O3.4C2H4O2/c5-4(6,3-8)9-2-1-7;4*1-2(3)4/h7-8H,1-3,5-6H2;4*1H3,(H,3,4). The van der Waals surface area contributed by atoms with E-state index in [9.17, 15) is 0 Å². The monoisotopic (exact) mass is 376 g/mol. The lowest BCUT2D eigenvalue weighted by Gasteiger charge is -2.20. The van der Waals surface area contributed by atoms with E-state index in [1.807, 2.05) is 0 Å². The molecule has 152 valence electrons. The number of carbonyl (C=O) groups is 4. The van der Waals surface area contributed by atoms with E-state index < -0.39 is 36.3 Å². The Labute approximate surface area is 144 Å². The highest BCUT2D eigenvalue weighted by Crippen LogP contribution is 1.89. The van der Waals surface area contributed by atoms with Crippen LogP contribution in [-0.4, -0.2) is 80.2 Å². The van der Waals surface area contributed by atoms with Crippen LogP contribution >= 0.6 is 0 Å². The van der Waals surface area contributed by atoms with Crippen molar-refractivity contribution in [2.75, 3.05) is 19.8 Å². The van der Waals surface area contributed by atoms with Gasteiger partial charge in [-0.15, -0.1) is 0 Å². The fourth-order valence-corrected chi connectivity index (χ4v) is 0.281. The molecule has 0 saturated carbocycles. The van der Waals surface area contributed by atoms with Crippen molar-refractivity contribution < 1.29 is 54.6 Å². The minimum absolute atomic E-state index is 0.0353. The van der Waals surface area contributed by atoms with Gasteiger partial charge in [-0.2, -0.15) is 0 Å². The maximum atomic E-state index is 9.00. The SMILES string of the molecule is CC(=O)O.CC(=O)O.CC(=O)O.CC(=O)O.NC(N)(CO)OCCO. The van der Waals surface area contributed by atoms with Crippen LogP contribution in [0, 0.1) is 0 Å². The minimum Gasteiger partial charge on any atom is -0.481 e. The molecular weight excluding hydrogens is 348 g/mol. The molecule has 0 aliphatic rings. The predicted molar refractivity (Wildman–Crippen MR) is 84.5 cm³/mol. The highest BCUT2D eigenvalue weighted by Gasteiger charge is 2.16. The van der Waals surface area contributed by atoms with Crippen molar-refractivity contribution in [3.63, 3.8) is 0 Å². The molecule has 0 aromatic rings. The summed E-state index contributed by atoms with van der Waals surface area (Å²) in [6.07, 6.45) is 0. The summed E-state index contributed by atoms with van der Waals surface area (Å²) in [5.74, 6) is -4.84. The molecule has 13 heteroatoms. The Morgan fingerprint density at radius 3 is 1.08 bits per heavy atom. The molecule has 0 saturated heterocycles. The third-order valence-electron chi connectivity index (χ3n) is 0.709. The van der Waals surface area contributed by atoms with Gasteiger partial charge in [-0.25, -0.2) is 0 Å². The fraction of sp³-hybridized carbons (Fsp3) is 0.667. The summed E-state index contributed by atoms with van der Waals surface area (Å²) < 4.78 is 4.58. The number of carboxylic acid groups (broad SMARTS) is 4. The van der Waals surface area contributed by atoms with E-state index in [2.05, 4.69) is 4.74 Å². The fourth-order valence-electron chi connectivity index (χ4n) is 0.281. The van der Waals surface area contributed by atoms with Crippen LogP contribution in [0.2, 0.25) is 0 Å². The number of aliphatic hydroxyl groups is 2. The van der Waals surface area contributed by atoms with Crippen LogP contribution in [0.5, 0.6) is 0 Å². The van der Waals surface area contributed by atoms with E-state index in [-0.39, 0.29) is 13.2 Å². The van der Waals surface area contributed by atoms with Crippen molar-refractivity contribution in [1.82, 2.24) is 0 Å². The number of hydrogen-bond acceptors (Lipinski definition) is 9. The number of ether oxygens (including phenoxy) is 1. The Kier molecular flexibility index (Phi) is 32.7. The summed E-state index contributed by atoms with van der Waals surface area (Å²) in [6.45, 7) is 3.75. The number of rotatable bonds is 4. The molecule has 0 amide bonds. The molecule has 0 aromatic heterocycles. The first kappa shape index (κ1) is 34.1. The van der Waals surface area contributed by atoms with Crippen molar-refractivity contribution in [2.24, 2.45) is 11.5 Å². The second-order valence-electron chi connectivity index (χ2n) is 3.76. The van der Waals surface area contributed by atoms with Gasteiger partial charge in [0.05, 0.1) is 19.8 Å². The lowest BCUT2D eigenvalue weighted by molar-refractivity contribution is -0.135. The van der Waals surface area contributed by atoms with E-state index >= 15 is 0 Å². The number of aliphatic carboxylic acids is 4. The molecule has 0 unspecified atom stereocenters. The molecule has 0 fully saturated rings. The molecule has 0 radical (unpaired) electrons. The zero-order valence-electron chi connectivity index (χ0n) is 14.5. The largest absolute Gasteiger partial charge is 0.481 e. The number of carboxylic acids is 4. The van der Waals surface area contributed by atoms with Gasteiger partial charge in [0.1, 0.15) is 0 Å². The molecule has 0 atom stereocenters. The van der Waals surface area contributed by atoms with Crippen LogP contribution in [0.1, 0.15) is 27.7 Å². The van der Waals surface area contributed by atoms with Crippen molar-refractivity contribution >= 4 is 23.9 Å². The molecule has 25 heavy (non-hydrogen) atoms. The second-order valence-corrected chi connectivity index (χ2v) is 3.76. The smallest absolute Gasteiger partial charge is 0.300 e. The average molecular weight is 376 g/mol. The van der Waals surface area contributed by atoms with Gasteiger partial charge in [0, 0.05) is 27.7 Å². The van der Waals surface area contributed by atoms with Crippen LogP contribution in [-0.2, 0) is 23.9 Å². The Morgan fingerprint density at radius 2 is 0.960 bits per heavy atom. The third kappa shape index (κ3) is 260. The summed E-state index contributed by atoms with van der Waals surface area (Å²) in [4.78, 5) is 36.0. The van der Waals surface area contributed by atoms with Crippen molar-refractivity contribution in [3.05, 3.63) is 0 Å². The molecular formula is C12H28N2O11. The Hall–Kier alpha value is -2.32. The predicted octanol–water partition coefficient (Wildman–Crippen LogP) is -2.08. The van der Waals surface area contributed by atoms with Gasteiger partial charge in [-0.1, -0.05) is 0 Å². The van der Waals surface area contributed by atoms with Gasteiger partial charge in [0.15, 0.2) is 5.85 Å². The third-order valence-corrected chi connectivity index (χ3v) is 0.709. The van der Waals surface area contributed by atoms with Crippen LogP contribution in [0.15, 0.2) is 0 Å². The van der Waals surface area contributed by atoms with Crippen LogP contribution < -0.4 is 11.5 Å². The lowest BCUT2D eigenvalue weighted by atomic mass is 10.5. The first-order chi connectivity index (χ1) is 11.0. The quantitative estimate of drug-likeness (QED) is 0.245. The maximum Gasteiger partial charge on any atom is 0.300 e. The molecule has 0 rings (SSSR count). The first-order valence-electron chi connectivity index (χ1n) is 6.27. The van der Waals surface area contributed by atoms with Crippen LogP contribution in [0.4, 0.5) is 0 Å². The zero-order chi connectivity index (χ0) is 21.6. The second kappa shape index (κ2) is 23.9. The molecule has 0 heterocycles. The highest BCUT2D eigenvalue weighted by molar-refractivity contribution is 5.63. The van der Waals surface area contributed by atoms with Gasteiger partial charge in [0.25, 0.3) is 23.9 Å². The normalized spacial score (nSPS) is 8.32. The minimum atomic E-state index is -1.51. The summed E-state index contributed by atoms with van der Waals surface area (Å²) >= 11 is 0. The molecule has 0 bridgehead atoms. The van der Waals surface area contributed by atoms with Crippen LogP contribution in [0.3, 0.4) is 0 Å². The van der Waals surface area contributed by atoms with E-state index in [1.165, 1.54) is 0 Å². The number of nitrogens with two attached hydrogens (primary N) is 2. The molecule has 10 N–H and O–H groups in total. The van der Waals surface area contributed by atoms with Crippen LogP contribution in [0.25, 0.3) is 0 Å². The summed E-state index contributed by atoms with van der Waals surface area (Å²) in [6, 6.07) is 0. The van der Waals surface area contributed by atoms with Gasteiger partial charge in [-0.05, 0) is 0 Å². The van der Waals surface area contributed by atoms with Crippen molar-refractivity contribution in [2.45, 2.75) is 33.5 Å². The van der Waals surface area contributed by atoms with Crippen molar-refractivity contribution in [3.8, 4) is 0 Å². The molecule has 0 aliphatic heterocycles. The average Bonchev–Trinajstić information content (AvgIpc) is 2.34. The highest BCUT2D eigenvalue weighted by atomic mass is 16.5. The zero-order valence-corrected chi connectivity index (χ0v) is 14.5. The van der Waals surface area contributed by atoms with E-state index in [0.717, 1.165) is 27.7 Å². The molecule has 0 aromatic carbocycles. The first-order valence-corrected chi connectivity index (χ1v) is 6.27.